The third kappa shape index (κ3) is 10.0. The van der Waals surface area contributed by atoms with Crippen molar-refractivity contribution in [3.8, 4) is 0 Å². The molecule has 136 valence electrons. The predicted octanol–water partition coefficient (Wildman–Crippen LogP) is 1.99. The number of guanidine groups is 1. The molecular formula is C16H33IN4O2. The SMILES string of the molecule is CCCN1CCC(NC(=NC)NCCCC(=O)OCC)CC1.I. The van der Waals surface area contributed by atoms with E-state index in [1.165, 1.54) is 13.0 Å². The van der Waals surface area contributed by atoms with Crippen LogP contribution < -0.4 is 10.6 Å². The molecule has 0 amide bonds. The summed E-state index contributed by atoms with van der Waals surface area (Å²) in [6.07, 6.45) is 4.75. The minimum atomic E-state index is -0.129. The monoisotopic (exact) mass is 440 g/mol. The summed E-state index contributed by atoms with van der Waals surface area (Å²) in [6, 6.07) is 0.490. The first-order valence-corrected chi connectivity index (χ1v) is 8.54. The minimum absolute atomic E-state index is 0. The standard InChI is InChI=1S/C16H32N4O2.HI/c1-4-11-20-12-8-14(9-13-20)19-16(17-3)18-10-6-7-15(21)22-5-2;/h14H,4-13H2,1-3H3,(H2,17,18,19);1H. The molecule has 0 radical (unpaired) electrons. The zero-order valence-electron chi connectivity index (χ0n) is 14.8. The van der Waals surface area contributed by atoms with Gasteiger partial charge in [0.25, 0.3) is 0 Å². The van der Waals surface area contributed by atoms with Crippen LogP contribution in [0.25, 0.3) is 0 Å². The van der Waals surface area contributed by atoms with E-state index in [0.717, 1.165) is 44.9 Å². The number of ether oxygens (including phenoxy) is 1. The summed E-state index contributed by atoms with van der Waals surface area (Å²) < 4.78 is 4.91. The maximum Gasteiger partial charge on any atom is 0.305 e. The maximum atomic E-state index is 11.3. The molecule has 1 aliphatic heterocycles. The lowest BCUT2D eigenvalue weighted by molar-refractivity contribution is -0.143. The Balaban J connectivity index is 0.00000484. The quantitative estimate of drug-likeness (QED) is 0.199. The predicted molar refractivity (Wildman–Crippen MR) is 106 cm³/mol. The zero-order valence-corrected chi connectivity index (χ0v) is 17.1. The van der Waals surface area contributed by atoms with Gasteiger partial charge in [-0.1, -0.05) is 6.92 Å². The van der Waals surface area contributed by atoms with E-state index in [2.05, 4.69) is 27.4 Å². The summed E-state index contributed by atoms with van der Waals surface area (Å²) in [5.41, 5.74) is 0. The van der Waals surface area contributed by atoms with E-state index in [-0.39, 0.29) is 29.9 Å². The maximum absolute atomic E-state index is 11.3. The highest BCUT2D eigenvalue weighted by atomic mass is 127. The highest BCUT2D eigenvalue weighted by Crippen LogP contribution is 2.10. The lowest BCUT2D eigenvalue weighted by atomic mass is 10.1. The molecule has 0 bridgehead atoms. The summed E-state index contributed by atoms with van der Waals surface area (Å²) in [4.78, 5) is 18.0. The Kier molecular flexibility index (Phi) is 13.5. The van der Waals surface area contributed by atoms with E-state index >= 15 is 0 Å². The number of nitrogens with zero attached hydrogens (tertiary/aromatic N) is 2. The van der Waals surface area contributed by atoms with Crippen molar-refractivity contribution < 1.29 is 9.53 Å². The molecular weight excluding hydrogens is 407 g/mol. The number of nitrogens with one attached hydrogen (secondary N) is 2. The van der Waals surface area contributed by atoms with Gasteiger partial charge in [0.15, 0.2) is 5.96 Å². The van der Waals surface area contributed by atoms with E-state index in [1.807, 2.05) is 6.92 Å². The van der Waals surface area contributed by atoms with E-state index < -0.39 is 0 Å². The molecule has 23 heavy (non-hydrogen) atoms. The number of carbonyl (C=O) groups is 1. The van der Waals surface area contributed by atoms with Crippen LogP contribution in [0.4, 0.5) is 0 Å². The van der Waals surface area contributed by atoms with Gasteiger partial charge in [0.05, 0.1) is 6.61 Å². The number of aliphatic imine (C=N–C) groups is 1. The van der Waals surface area contributed by atoms with Crippen LogP contribution in [-0.2, 0) is 9.53 Å². The number of hydrogen-bond acceptors (Lipinski definition) is 4. The number of piperidine rings is 1. The molecule has 1 rings (SSSR count). The average Bonchev–Trinajstić information content (AvgIpc) is 2.52. The first-order chi connectivity index (χ1) is 10.7. The number of rotatable bonds is 8. The van der Waals surface area contributed by atoms with Crippen molar-refractivity contribution in [3.05, 3.63) is 0 Å². The van der Waals surface area contributed by atoms with Crippen molar-refractivity contribution in [1.29, 1.82) is 0 Å². The Hall–Kier alpha value is -0.570. The van der Waals surface area contributed by atoms with Gasteiger partial charge in [0, 0.05) is 39.1 Å². The van der Waals surface area contributed by atoms with Crippen molar-refractivity contribution in [2.45, 2.75) is 52.0 Å². The Bertz CT molecular complexity index is 345. The lowest BCUT2D eigenvalue weighted by Crippen LogP contribution is -2.48. The van der Waals surface area contributed by atoms with Gasteiger partial charge in [-0.3, -0.25) is 9.79 Å². The normalized spacial score (nSPS) is 16.6. The molecule has 1 heterocycles. The van der Waals surface area contributed by atoms with E-state index in [9.17, 15) is 4.79 Å². The highest BCUT2D eigenvalue weighted by Gasteiger charge is 2.19. The van der Waals surface area contributed by atoms with Gasteiger partial charge >= 0.3 is 5.97 Å². The van der Waals surface area contributed by atoms with E-state index in [0.29, 0.717) is 19.1 Å². The zero-order chi connectivity index (χ0) is 16.2. The number of esters is 1. The largest absolute Gasteiger partial charge is 0.466 e. The first kappa shape index (κ1) is 22.4. The number of carbonyl (C=O) groups excluding carboxylic acids is 1. The average molecular weight is 440 g/mol. The molecule has 0 aliphatic carbocycles. The Morgan fingerprint density at radius 2 is 2.00 bits per heavy atom. The van der Waals surface area contributed by atoms with Crippen LogP contribution in [0.2, 0.25) is 0 Å². The summed E-state index contributed by atoms with van der Waals surface area (Å²) >= 11 is 0. The molecule has 0 aromatic rings. The molecule has 0 unspecified atom stereocenters. The number of halogens is 1. The van der Waals surface area contributed by atoms with E-state index in [4.69, 9.17) is 4.74 Å². The van der Waals surface area contributed by atoms with Crippen LogP contribution >= 0.6 is 24.0 Å². The van der Waals surface area contributed by atoms with Gasteiger partial charge in [-0.05, 0) is 39.2 Å². The van der Waals surface area contributed by atoms with Crippen molar-refractivity contribution in [1.82, 2.24) is 15.5 Å². The van der Waals surface area contributed by atoms with Gasteiger partial charge in [-0.15, -0.1) is 24.0 Å². The van der Waals surface area contributed by atoms with Crippen LogP contribution in [0.5, 0.6) is 0 Å². The topological polar surface area (TPSA) is 66.0 Å². The third-order valence-corrected chi connectivity index (χ3v) is 3.85. The van der Waals surface area contributed by atoms with Crippen molar-refractivity contribution >= 4 is 35.9 Å². The smallest absolute Gasteiger partial charge is 0.305 e. The van der Waals surface area contributed by atoms with Crippen LogP contribution in [0, 0.1) is 0 Å². The summed E-state index contributed by atoms with van der Waals surface area (Å²) in [5, 5.41) is 6.75. The van der Waals surface area contributed by atoms with Crippen molar-refractivity contribution in [2.24, 2.45) is 4.99 Å². The van der Waals surface area contributed by atoms with E-state index in [1.54, 1.807) is 7.05 Å². The molecule has 1 fully saturated rings. The lowest BCUT2D eigenvalue weighted by Gasteiger charge is -2.32. The van der Waals surface area contributed by atoms with Gasteiger partial charge in [-0.2, -0.15) is 0 Å². The van der Waals surface area contributed by atoms with Gasteiger partial charge in [0.1, 0.15) is 0 Å². The van der Waals surface area contributed by atoms with Crippen LogP contribution in [-0.4, -0.2) is 62.7 Å². The second-order valence-electron chi connectivity index (χ2n) is 5.67. The molecule has 1 aliphatic rings. The molecule has 0 spiro atoms. The number of likely N-dealkylation sites (tertiary alicyclic amines) is 1. The molecule has 0 saturated carbocycles. The second-order valence-corrected chi connectivity index (χ2v) is 5.67. The summed E-state index contributed by atoms with van der Waals surface area (Å²) in [6.45, 7) is 8.75. The fourth-order valence-corrected chi connectivity index (χ4v) is 2.68. The van der Waals surface area contributed by atoms with Crippen molar-refractivity contribution in [2.75, 3.05) is 39.8 Å². The summed E-state index contributed by atoms with van der Waals surface area (Å²) in [5.74, 6) is 0.702. The third-order valence-electron chi connectivity index (χ3n) is 3.85. The van der Waals surface area contributed by atoms with Gasteiger partial charge in [-0.25, -0.2) is 0 Å². The van der Waals surface area contributed by atoms with Gasteiger partial charge < -0.3 is 20.3 Å². The highest BCUT2D eigenvalue weighted by molar-refractivity contribution is 14.0. The minimum Gasteiger partial charge on any atom is -0.466 e. The Morgan fingerprint density at radius 1 is 1.30 bits per heavy atom. The Labute approximate surface area is 157 Å². The van der Waals surface area contributed by atoms with Crippen LogP contribution in [0.1, 0.15) is 46.0 Å². The van der Waals surface area contributed by atoms with Crippen LogP contribution in [0.3, 0.4) is 0 Å². The second kappa shape index (κ2) is 13.8. The Morgan fingerprint density at radius 3 is 2.57 bits per heavy atom. The molecule has 0 atom stereocenters. The summed E-state index contributed by atoms with van der Waals surface area (Å²) in [7, 11) is 1.78. The molecule has 2 N–H and O–H groups in total. The fraction of sp³-hybridized carbons (Fsp3) is 0.875. The van der Waals surface area contributed by atoms with Gasteiger partial charge in [0.2, 0.25) is 0 Å². The first-order valence-electron chi connectivity index (χ1n) is 8.54. The van der Waals surface area contributed by atoms with Crippen molar-refractivity contribution in [3.63, 3.8) is 0 Å². The molecule has 6 nitrogen and oxygen atoms in total. The number of hydrogen-bond donors (Lipinski definition) is 2. The molecule has 0 aromatic carbocycles. The fourth-order valence-electron chi connectivity index (χ4n) is 2.68. The molecule has 1 saturated heterocycles. The van der Waals surface area contributed by atoms with Crippen LogP contribution in [0.15, 0.2) is 4.99 Å². The molecule has 0 aromatic heterocycles. The molecule has 7 heteroatoms.